The van der Waals surface area contributed by atoms with Gasteiger partial charge in [0, 0.05) is 12.0 Å². The number of carbonyl (C=O) groups excluding carboxylic acids is 1. The summed E-state index contributed by atoms with van der Waals surface area (Å²) >= 11 is 0. The Labute approximate surface area is 121 Å². The Balaban J connectivity index is 3.15. The fourth-order valence-corrected chi connectivity index (χ4v) is 2.18. The van der Waals surface area contributed by atoms with Crippen LogP contribution in [0.3, 0.4) is 0 Å². The summed E-state index contributed by atoms with van der Waals surface area (Å²) in [6.45, 7) is 8.53. The normalized spacial score (nSPS) is 14.2. The molecule has 0 aliphatic carbocycles. The molecule has 5 heteroatoms. The van der Waals surface area contributed by atoms with E-state index in [0.29, 0.717) is 11.3 Å². The molecular weight excluding hydrogens is 277 g/mol. The van der Waals surface area contributed by atoms with E-state index >= 15 is 0 Å². The summed E-state index contributed by atoms with van der Waals surface area (Å²) in [5.74, 6) is -0.417. The molecule has 0 saturated heterocycles. The summed E-state index contributed by atoms with van der Waals surface area (Å²) in [5, 5.41) is 0. The third-order valence-electron chi connectivity index (χ3n) is 2.62. The van der Waals surface area contributed by atoms with Crippen molar-refractivity contribution in [3.63, 3.8) is 0 Å². The predicted octanol–water partition coefficient (Wildman–Crippen LogP) is 3.23. The van der Waals surface area contributed by atoms with Crippen LogP contribution in [0, 0.1) is 5.82 Å². The number of benzene rings is 1. The molecule has 0 amide bonds. The highest BCUT2D eigenvalue weighted by Gasteiger charge is 2.20. The van der Waals surface area contributed by atoms with Crippen molar-refractivity contribution in [2.24, 2.45) is 4.40 Å². The fraction of sp³-hybridized carbons (Fsp3) is 0.467. The van der Waals surface area contributed by atoms with E-state index < -0.39 is 21.5 Å². The zero-order chi connectivity index (χ0) is 15.5. The van der Waals surface area contributed by atoms with Gasteiger partial charge in [0.25, 0.3) is 0 Å². The minimum Gasteiger partial charge on any atom is -0.300 e. The molecule has 0 heterocycles. The molecule has 0 aliphatic rings. The molecule has 0 saturated carbocycles. The van der Waals surface area contributed by atoms with Gasteiger partial charge >= 0.3 is 0 Å². The van der Waals surface area contributed by atoms with Gasteiger partial charge in [0.05, 0.1) is 10.5 Å². The van der Waals surface area contributed by atoms with Gasteiger partial charge < -0.3 is 0 Å². The van der Waals surface area contributed by atoms with Gasteiger partial charge in [0.1, 0.15) is 22.6 Å². The number of Topliss-reactive ketones (excluding diaryl/α,β-unsaturated/α-hetero) is 1. The van der Waals surface area contributed by atoms with Crippen LogP contribution in [0.4, 0.5) is 4.39 Å². The van der Waals surface area contributed by atoms with Gasteiger partial charge in [0.2, 0.25) is 0 Å². The monoisotopic (exact) mass is 297 g/mol. The van der Waals surface area contributed by atoms with Gasteiger partial charge in [-0.1, -0.05) is 6.07 Å². The molecule has 0 unspecified atom stereocenters. The molecule has 1 aromatic carbocycles. The Morgan fingerprint density at radius 2 is 1.90 bits per heavy atom. The lowest BCUT2D eigenvalue weighted by Gasteiger charge is -2.14. The smallest absolute Gasteiger partial charge is 0.145 e. The van der Waals surface area contributed by atoms with Crippen molar-refractivity contribution in [1.29, 1.82) is 0 Å². The Morgan fingerprint density at radius 3 is 2.40 bits per heavy atom. The molecule has 110 valence electrons. The number of nitrogens with zero attached hydrogens (tertiary/aromatic N) is 1. The molecule has 1 atom stereocenters. The van der Waals surface area contributed by atoms with Crippen molar-refractivity contribution in [3.05, 3.63) is 35.1 Å². The van der Waals surface area contributed by atoms with Crippen LogP contribution in [-0.2, 0) is 22.2 Å². The first kappa shape index (κ1) is 16.7. The second-order valence-corrected chi connectivity index (χ2v) is 7.64. The Kier molecular flexibility index (Phi) is 5.34. The van der Waals surface area contributed by atoms with Gasteiger partial charge in [-0.2, -0.15) is 4.40 Å². The van der Waals surface area contributed by atoms with Crippen molar-refractivity contribution in [2.75, 3.05) is 0 Å². The van der Waals surface area contributed by atoms with Crippen molar-refractivity contribution in [2.45, 2.75) is 45.8 Å². The van der Waals surface area contributed by atoms with Gasteiger partial charge in [-0.25, -0.2) is 8.60 Å². The van der Waals surface area contributed by atoms with E-state index in [4.69, 9.17) is 0 Å². The van der Waals surface area contributed by atoms with Crippen LogP contribution in [-0.4, -0.2) is 20.5 Å². The third kappa shape index (κ3) is 4.63. The minimum atomic E-state index is -1.44. The van der Waals surface area contributed by atoms with Gasteiger partial charge in [-0.3, -0.25) is 4.79 Å². The molecule has 1 aromatic rings. The van der Waals surface area contributed by atoms with E-state index in [1.165, 1.54) is 13.0 Å². The van der Waals surface area contributed by atoms with Crippen LogP contribution in [0.2, 0.25) is 0 Å². The molecule has 0 fully saturated rings. The number of hydrogen-bond donors (Lipinski definition) is 0. The molecular formula is C15H20FNO2S. The average molecular weight is 297 g/mol. The molecule has 20 heavy (non-hydrogen) atoms. The Morgan fingerprint density at radius 1 is 1.30 bits per heavy atom. The lowest BCUT2D eigenvalue weighted by Crippen LogP contribution is -2.21. The maximum absolute atomic E-state index is 13.8. The second-order valence-electron chi connectivity index (χ2n) is 5.73. The Hall–Kier alpha value is -1.36. The molecule has 0 aliphatic heterocycles. The number of carbonyl (C=O) groups is 1. The first-order chi connectivity index (χ1) is 9.11. The predicted molar refractivity (Wildman–Crippen MR) is 80.9 cm³/mol. The molecule has 3 nitrogen and oxygen atoms in total. The zero-order valence-electron chi connectivity index (χ0n) is 12.5. The topological polar surface area (TPSA) is 46.5 Å². The van der Waals surface area contributed by atoms with Crippen LogP contribution in [0.1, 0.15) is 45.7 Å². The van der Waals surface area contributed by atoms with E-state index in [1.807, 2.05) is 20.8 Å². The second kappa shape index (κ2) is 6.39. The number of halogens is 1. The summed E-state index contributed by atoms with van der Waals surface area (Å²) in [5.41, 5.74) is 1.40. The summed E-state index contributed by atoms with van der Waals surface area (Å²) in [4.78, 5) is 11.1. The zero-order valence-corrected chi connectivity index (χ0v) is 13.3. The summed E-state index contributed by atoms with van der Waals surface area (Å²) in [7, 11) is -1.44. The lowest BCUT2D eigenvalue weighted by molar-refractivity contribution is -0.116. The van der Waals surface area contributed by atoms with Crippen LogP contribution in [0.15, 0.2) is 22.6 Å². The molecule has 0 radical (unpaired) electrons. The van der Waals surface area contributed by atoms with Crippen LogP contribution < -0.4 is 0 Å². The molecule has 0 spiro atoms. The van der Waals surface area contributed by atoms with Gasteiger partial charge in [-0.05, 0) is 52.3 Å². The van der Waals surface area contributed by atoms with Crippen molar-refractivity contribution in [1.82, 2.24) is 0 Å². The van der Waals surface area contributed by atoms with Crippen molar-refractivity contribution >= 4 is 22.5 Å². The number of hydrogen-bond acceptors (Lipinski definition) is 2. The van der Waals surface area contributed by atoms with Crippen LogP contribution in [0.5, 0.6) is 0 Å². The summed E-state index contributed by atoms with van der Waals surface area (Å²) < 4.78 is 29.4. The Bertz CT molecular complexity index is 574. The first-order valence-corrected chi connectivity index (χ1v) is 7.47. The van der Waals surface area contributed by atoms with Crippen molar-refractivity contribution < 1.29 is 13.4 Å². The maximum Gasteiger partial charge on any atom is 0.145 e. The van der Waals surface area contributed by atoms with Crippen molar-refractivity contribution in [3.8, 4) is 0 Å². The number of rotatable bonds is 4. The summed E-state index contributed by atoms with van der Waals surface area (Å²) in [6, 6.07) is 4.48. The van der Waals surface area contributed by atoms with E-state index in [1.54, 1.807) is 19.1 Å². The largest absolute Gasteiger partial charge is 0.300 e. The summed E-state index contributed by atoms with van der Waals surface area (Å²) in [6.07, 6.45) is 0.253. The van der Waals surface area contributed by atoms with E-state index in [0.717, 1.165) is 5.56 Å². The molecule has 0 bridgehead atoms. The highest BCUT2D eigenvalue weighted by Crippen LogP contribution is 2.17. The van der Waals surface area contributed by atoms with E-state index in [2.05, 4.69) is 4.40 Å². The number of ketones is 1. The van der Waals surface area contributed by atoms with E-state index in [9.17, 15) is 13.4 Å². The SMILES string of the molecule is CC(=O)Cc1ccc(F)c(C(C)=N[S@](=O)C(C)(C)C)c1. The van der Waals surface area contributed by atoms with Crippen LogP contribution in [0.25, 0.3) is 0 Å². The first-order valence-electron chi connectivity index (χ1n) is 6.37. The minimum absolute atomic E-state index is 0.00965. The maximum atomic E-state index is 13.8. The molecule has 0 N–H and O–H groups in total. The highest BCUT2D eigenvalue weighted by molar-refractivity contribution is 7.85. The van der Waals surface area contributed by atoms with Gasteiger partial charge in [-0.15, -0.1) is 0 Å². The molecule has 0 aromatic heterocycles. The fourth-order valence-electron chi connectivity index (χ4n) is 1.56. The lowest BCUT2D eigenvalue weighted by atomic mass is 10.0. The highest BCUT2D eigenvalue weighted by atomic mass is 32.2. The average Bonchev–Trinajstić information content (AvgIpc) is 2.29. The van der Waals surface area contributed by atoms with Gasteiger partial charge in [0.15, 0.2) is 0 Å². The third-order valence-corrected chi connectivity index (χ3v) is 4.10. The van der Waals surface area contributed by atoms with Crippen LogP contribution >= 0.6 is 0 Å². The standard InChI is InChI=1S/C15H20FNO2S/c1-10(18)8-12-6-7-14(16)13(9-12)11(2)17-20(19)15(3,4)5/h6-7,9H,8H2,1-5H3/t20-/m1/s1. The van der Waals surface area contributed by atoms with E-state index in [-0.39, 0.29) is 12.2 Å². The quantitative estimate of drug-likeness (QED) is 0.801. The molecule has 1 rings (SSSR count).